The molecule has 0 radical (unpaired) electrons. The van der Waals surface area contributed by atoms with E-state index in [1.54, 1.807) is 4.57 Å². The smallest absolute Gasteiger partial charge is 0.303 e. The average Bonchev–Trinajstić information content (AvgIpc) is 3.39. The van der Waals surface area contributed by atoms with Gasteiger partial charge >= 0.3 is 11.9 Å². The van der Waals surface area contributed by atoms with Crippen molar-refractivity contribution in [1.29, 1.82) is 0 Å². The number of hydrogen-bond donors (Lipinski definition) is 1. The third-order valence-corrected chi connectivity index (χ3v) is 9.87. The molecule has 0 saturated carbocycles. The normalized spacial score (nSPS) is 30.5. The molecule has 1 unspecified atom stereocenters. The zero-order valence-corrected chi connectivity index (χ0v) is 19.1. The van der Waals surface area contributed by atoms with Crippen LogP contribution in [0.1, 0.15) is 20.1 Å². The minimum Gasteiger partial charge on any atom is -0.456 e. The Labute approximate surface area is 186 Å². The molecule has 0 aliphatic carbocycles. The van der Waals surface area contributed by atoms with Gasteiger partial charge in [0.2, 0.25) is 5.69 Å². The lowest BCUT2D eigenvalue weighted by Gasteiger charge is -2.24. The van der Waals surface area contributed by atoms with Crippen molar-refractivity contribution in [2.24, 2.45) is 0 Å². The highest BCUT2D eigenvalue weighted by atomic mass is 32.9. The highest BCUT2D eigenvalue weighted by Gasteiger charge is 2.51. The Morgan fingerprint density at radius 1 is 1.29 bits per heavy atom. The number of fused-ring (bicyclic) bond motifs is 1. The van der Waals surface area contributed by atoms with Gasteiger partial charge in [-0.05, 0) is 11.8 Å². The lowest BCUT2D eigenvalue weighted by Crippen LogP contribution is -2.40. The Balaban J connectivity index is 1.67. The summed E-state index contributed by atoms with van der Waals surface area (Å²) in [6.07, 6.45) is -0.882. The number of ether oxygens (including phenoxy) is 3. The lowest BCUT2D eigenvalue weighted by atomic mass is 10.1. The average molecular weight is 489 g/mol. The summed E-state index contributed by atoms with van der Waals surface area (Å²) in [6, 6.07) is 0. The molecule has 15 heteroatoms. The van der Waals surface area contributed by atoms with E-state index in [2.05, 4.69) is 15.0 Å². The lowest BCUT2D eigenvalue weighted by molar-refractivity contribution is -0.165. The number of nitrogens with zero attached hydrogens (tertiary/aromatic N) is 4. The predicted octanol–water partition coefficient (Wildman–Crippen LogP) is 1.17. The SMILES string of the molecule is CC(=O)O[C@@H]1[C@H](OC(C)=O)[C@@H](COP2(=S)OCCS2)O[C@H]1n1cnc2c(N)ncnc21. The molecule has 4 rings (SSSR count). The van der Waals surface area contributed by atoms with Crippen molar-refractivity contribution < 1.29 is 32.8 Å². The topological polar surface area (TPSA) is 150 Å². The van der Waals surface area contributed by atoms with Gasteiger partial charge in [-0.1, -0.05) is 11.4 Å². The molecule has 5 atom stereocenters. The molecule has 31 heavy (non-hydrogen) atoms. The third-order valence-electron chi connectivity index (χ3n) is 4.53. The van der Waals surface area contributed by atoms with Gasteiger partial charge in [0.1, 0.15) is 17.9 Å². The molecule has 2 aromatic rings. The number of carbonyl (C=O) groups excluding carboxylic acids is 2. The molecule has 0 aromatic carbocycles. The molecule has 2 saturated heterocycles. The predicted molar refractivity (Wildman–Crippen MR) is 113 cm³/mol. The summed E-state index contributed by atoms with van der Waals surface area (Å²) >= 11 is 6.89. The Kier molecular flexibility index (Phi) is 6.47. The number of rotatable bonds is 6. The molecule has 2 aliphatic heterocycles. The van der Waals surface area contributed by atoms with Crippen LogP contribution in [0.15, 0.2) is 12.7 Å². The van der Waals surface area contributed by atoms with Crippen LogP contribution < -0.4 is 5.73 Å². The van der Waals surface area contributed by atoms with Crippen molar-refractivity contribution in [1.82, 2.24) is 19.5 Å². The molecule has 2 aliphatic rings. The molecule has 12 nitrogen and oxygen atoms in total. The van der Waals surface area contributed by atoms with E-state index in [4.69, 9.17) is 40.8 Å². The number of aromatic nitrogens is 4. The Morgan fingerprint density at radius 3 is 2.71 bits per heavy atom. The molecule has 168 valence electrons. The number of imidazole rings is 1. The van der Waals surface area contributed by atoms with E-state index >= 15 is 0 Å². The van der Waals surface area contributed by atoms with Crippen molar-refractivity contribution in [2.75, 3.05) is 24.7 Å². The molecule has 0 spiro atoms. The van der Waals surface area contributed by atoms with Crippen molar-refractivity contribution >= 4 is 57.8 Å². The highest BCUT2D eigenvalue weighted by Crippen LogP contribution is 2.64. The van der Waals surface area contributed by atoms with Gasteiger partial charge in [0.25, 0.3) is 0 Å². The monoisotopic (exact) mass is 489 g/mol. The summed E-state index contributed by atoms with van der Waals surface area (Å²) < 4.78 is 30.1. The maximum absolute atomic E-state index is 11.8. The van der Waals surface area contributed by atoms with Gasteiger partial charge in [-0.15, -0.1) is 0 Å². The van der Waals surface area contributed by atoms with Gasteiger partial charge in [0, 0.05) is 19.6 Å². The minimum absolute atomic E-state index is 0.0136. The number of carbonyl (C=O) groups is 2. The van der Waals surface area contributed by atoms with E-state index < -0.39 is 42.2 Å². The Morgan fingerprint density at radius 2 is 2.03 bits per heavy atom. The minimum atomic E-state index is -2.49. The van der Waals surface area contributed by atoms with Crippen molar-refractivity contribution in [3.63, 3.8) is 0 Å². The zero-order chi connectivity index (χ0) is 22.2. The van der Waals surface area contributed by atoms with Crippen molar-refractivity contribution in [3.05, 3.63) is 12.7 Å². The summed E-state index contributed by atoms with van der Waals surface area (Å²) in [7, 11) is 0. The number of nitrogens with two attached hydrogens (primary N) is 1. The van der Waals surface area contributed by atoms with Crippen molar-refractivity contribution in [2.45, 2.75) is 38.4 Å². The largest absolute Gasteiger partial charge is 0.456 e. The summed E-state index contributed by atoms with van der Waals surface area (Å²) in [5, 5.41) is 0. The van der Waals surface area contributed by atoms with Crippen LogP contribution in [0.5, 0.6) is 0 Å². The molecule has 4 heterocycles. The second-order valence-corrected chi connectivity index (χ2v) is 13.1. The van der Waals surface area contributed by atoms with Crippen molar-refractivity contribution in [3.8, 4) is 0 Å². The standard InChI is InChI=1S/C16H20N5O7PS2/c1-8(22)26-12-10(5-25-29(30)24-3-4-31-29)28-16(13(12)27-9(2)23)21-7-20-11-14(17)18-6-19-15(11)21/h6-7,10,12-13,16H,3-5H2,1-2H3,(H2,17,18,19)/t10-,12-,13-,16-,29?/m1/s1. The number of hydrogen-bond acceptors (Lipinski definition) is 13. The van der Waals surface area contributed by atoms with Crippen LogP contribution >= 0.6 is 17.1 Å². The number of esters is 2. The van der Waals surface area contributed by atoms with Crippen LogP contribution in [-0.4, -0.2) is 68.7 Å². The zero-order valence-electron chi connectivity index (χ0n) is 16.6. The van der Waals surface area contributed by atoms with Crippen LogP contribution in [-0.2, 0) is 44.7 Å². The second kappa shape index (κ2) is 8.96. The van der Waals surface area contributed by atoms with Gasteiger partial charge in [-0.2, -0.15) is 0 Å². The molecule has 2 fully saturated rings. The second-order valence-electron chi connectivity index (χ2n) is 6.71. The van der Waals surface area contributed by atoms with E-state index in [1.165, 1.54) is 37.9 Å². The Bertz CT molecular complexity index is 1040. The summed E-state index contributed by atoms with van der Waals surface area (Å²) in [4.78, 5) is 36.0. The van der Waals surface area contributed by atoms with Crippen LogP contribution in [0.2, 0.25) is 0 Å². The van der Waals surface area contributed by atoms with Crippen LogP contribution in [0.25, 0.3) is 11.2 Å². The fraction of sp³-hybridized carbons (Fsp3) is 0.562. The Hall–Kier alpha value is -1.83. The maximum Gasteiger partial charge on any atom is 0.303 e. The van der Waals surface area contributed by atoms with Crippen LogP contribution in [0.3, 0.4) is 0 Å². The molecule has 0 amide bonds. The number of nitrogen functional groups attached to an aromatic ring is 1. The van der Waals surface area contributed by atoms with Gasteiger partial charge < -0.3 is 29.0 Å². The first kappa shape index (κ1) is 22.4. The van der Waals surface area contributed by atoms with E-state index in [-0.39, 0.29) is 12.4 Å². The first-order chi connectivity index (χ1) is 14.8. The number of anilines is 1. The summed E-state index contributed by atoms with van der Waals surface area (Å²) in [6.45, 7) is 3.01. The molecule has 2 N–H and O–H groups in total. The molecular formula is C16H20N5O7PS2. The van der Waals surface area contributed by atoms with Gasteiger partial charge in [-0.3, -0.25) is 14.2 Å². The fourth-order valence-electron chi connectivity index (χ4n) is 3.35. The quantitative estimate of drug-likeness (QED) is 0.457. The van der Waals surface area contributed by atoms with Gasteiger partial charge in [0.05, 0.1) is 19.5 Å². The third kappa shape index (κ3) is 4.69. The van der Waals surface area contributed by atoms with E-state index in [1.807, 2.05) is 0 Å². The first-order valence-corrected chi connectivity index (χ1v) is 13.5. The van der Waals surface area contributed by atoms with E-state index in [9.17, 15) is 9.59 Å². The molecule has 2 aromatic heterocycles. The fourth-order valence-corrected chi connectivity index (χ4v) is 7.55. The van der Waals surface area contributed by atoms with Gasteiger partial charge in [0.15, 0.2) is 29.9 Å². The molecule has 0 bridgehead atoms. The first-order valence-electron chi connectivity index (χ1n) is 9.24. The molecular weight excluding hydrogens is 469 g/mol. The summed E-state index contributed by atoms with van der Waals surface area (Å²) in [5.74, 6) is -0.196. The van der Waals surface area contributed by atoms with Crippen LogP contribution in [0, 0.1) is 0 Å². The highest BCUT2D eigenvalue weighted by molar-refractivity contribution is 8.68. The van der Waals surface area contributed by atoms with E-state index in [0.29, 0.717) is 17.8 Å². The maximum atomic E-state index is 11.8. The summed E-state index contributed by atoms with van der Waals surface area (Å²) in [5.41, 5.74) is 4.12. The van der Waals surface area contributed by atoms with Crippen LogP contribution in [0.4, 0.5) is 5.82 Å². The van der Waals surface area contributed by atoms with E-state index in [0.717, 1.165) is 5.75 Å². The van der Waals surface area contributed by atoms with Gasteiger partial charge in [-0.25, -0.2) is 15.0 Å².